The lowest BCUT2D eigenvalue weighted by Gasteiger charge is -2.35. The molecule has 29 heavy (non-hydrogen) atoms. The van der Waals surface area contributed by atoms with Crippen molar-refractivity contribution in [3.05, 3.63) is 72.1 Å². The number of carbonyl (C=O) groups excluding carboxylic acids is 1. The number of imidazole rings is 1. The van der Waals surface area contributed by atoms with E-state index in [1.54, 1.807) is 4.52 Å². The van der Waals surface area contributed by atoms with Gasteiger partial charge in [-0.15, -0.1) is 0 Å². The number of aromatic amines is 1. The molecule has 2 aromatic heterocycles. The molecule has 0 saturated carbocycles. The van der Waals surface area contributed by atoms with E-state index in [-0.39, 0.29) is 0 Å². The summed E-state index contributed by atoms with van der Waals surface area (Å²) in [6, 6.07) is 17.2. The van der Waals surface area contributed by atoms with Crippen LogP contribution in [0.5, 0.6) is 11.5 Å². The van der Waals surface area contributed by atoms with Gasteiger partial charge in [0.15, 0.2) is 5.69 Å². The number of nitrogens with zero attached hydrogens (tertiary/aromatic N) is 3. The third kappa shape index (κ3) is 3.05. The van der Waals surface area contributed by atoms with E-state index in [9.17, 15) is 4.79 Å². The van der Waals surface area contributed by atoms with Crippen molar-refractivity contribution in [1.29, 1.82) is 0 Å². The second-order valence-corrected chi connectivity index (χ2v) is 7.43. The summed E-state index contributed by atoms with van der Waals surface area (Å²) in [4.78, 5) is 17.8. The highest BCUT2D eigenvalue weighted by Crippen LogP contribution is 2.33. The van der Waals surface area contributed by atoms with Gasteiger partial charge in [-0.2, -0.15) is 5.10 Å². The van der Waals surface area contributed by atoms with E-state index in [0.29, 0.717) is 17.3 Å². The number of hydrogen-bond donors (Lipinski definition) is 2. The lowest BCUT2D eigenvalue weighted by atomic mass is 9.94. The average Bonchev–Trinajstić information content (AvgIpc) is 3.26. The van der Waals surface area contributed by atoms with E-state index in [4.69, 9.17) is 10.5 Å². The van der Waals surface area contributed by atoms with Crippen LogP contribution in [0.1, 0.15) is 22.0 Å². The van der Waals surface area contributed by atoms with Gasteiger partial charge in [-0.25, -0.2) is 4.52 Å². The van der Waals surface area contributed by atoms with Gasteiger partial charge in [-0.3, -0.25) is 4.79 Å². The molecule has 0 spiro atoms. The predicted molar refractivity (Wildman–Crippen MR) is 110 cm³/mol. The Balaban J connectivity index is 1.50. The zero-order valence-corrected chi connectivity index (χ0v) is 16.0. The minimum absolute atomic E-state index is 0.357. The number of likely N-dealkylation sites (N-methyl/N-ethyl adjacent to an activating group) is 1. The molecule has 146 valence electrons. The Morgan fingerprint density at radius 2 is 1.79 bits per heavy atom. The second kappa shape index (κ2) is 6.79. The highest BCUT2D eigenvalue weighted by atomic mass is 16.5. The second-order valence-electron chi connectivity index (χ2n) is 7.43. The number of rotatable bonds is 5. The van der Waals surface area contributed by atoms with Crippen LogP contribution in [0.3, 0.4) is 0 Å². The summed E-state index contributed by atoms with van der Waals surface area (Å²) in [5.41, 5.74) is 9.51. The van der Waals surface area contributed by atoms with Crippen molar-refractivity contribution in [3.8, 4) is 22.8 Å². The van der Waals surface area contributed by atoms with Gasteiger partial charge in [0, 0.05) is 30.1 Å². The van der Waals surface area contributed by atoms with Gasteiger partial charge in [-0.1, -0.05) is 18.2 Å². The number of likely N-dealkylation sites (tertiary alicyclic amines) is 1. The highest BCUT2D eigenvalue weighted by molar-refractivity contribution is 5.98. The smallest absolute Gasteiger partial charge is 0.269 e. The molecule has 1 aliphatic rings. The Kier molecular flexibility index (Phi) is 4.10. The first-order valence-corrected chi connectivity index (χ1v) is 9.51. The molecule has 1 amide bonds. The molecule has 1 aliphatic heterocycles. The van der Waals surface area contributed by atoms with Crippen molar-refractivity contribution in [3.63, 3.8) is 0 Å². The molecule has 3 N–H and O–H groups in total. The van der Waals surface area contributed by atoms with Gasteiger partial charge < -0.3 is 20.4 Å². The van der Waals surface area contributed by atoms with E-state index in [1.165, 1.54) is 0 Å². The van der Waals surface area contributed by atoms with Gasteiger partial charge in [0.05, 0.1) is 11.9 Å². The van der Waals surface area contributed by atoms with Crippen molar-refractivity contribution in [2.75, 3.05) is 20.1 Å². The Morgan fingerprint density at radius 3 is 2.45 bits per heavy atom. The number of amides is 1. The topological polar surface area (TPSA) is 88.7 Å². The van der Waals surface area contributed by atoms with Crippen LogP contribution in [0.2, 0.25) is 0 Å². The minimum Gasteiger partial charge on any atom is -0.457 e. The number of para-hydroxylation sites is 1. The van der Waals surface area contributed by atoms with Gasteiger partial charge in [0.25, 0.3) is 5.91 Å². The molecule has 5 rings (SSSR count). The first-order chi connectivity index (χ1) is 14.1. The van der Waals surface area contributed by atoms with Gasteiger partial charge >= 0.3 is 0 Å². The molecule has 2 aromatic carbocycles. The number of primary amides is 1. The van der Waals surface area contributed by atoms with Crippen LogP contribution < -0.4 is 10.5 Å². The molecule has 3 heterocycles. The number of H-pyrrole nitrogens is 1. The molecular formula is C22H21N5O2. The zero-order valence-electron chi connectivity index (χ0n) is 16.0. The summed E-state index contributed by atoms with van der Waals surface area (Å²) < 4.78 is 7.47. The Labute approximate surface area is 167 Å². The number of fused-ring (bicyclic) bond motifs is 1. The lowest BCUT2D eigenvalue weighted by molar-refractivity contribution is 0.0994. The summed E-state index contributed by atoms with van der Waals surface area (Å²) in [5, 5.41) is 4.43. The Hall–Kier alpha value is -3.58. The quantitative estimate of drug-likeness (QED) is 0.550. The minimum atomic E-state index is -0.517. The van der Waals surface area contributed by atoms with Gasteiger partial charge in [0.1, 0.15) is 17.1 Å². The van der Waals surface area contributed by atoms with Crippen LogP contribution in [0, 0.1) is 0 Å². The zero-order chi connectivity index (χ0) is 20.0. The standard InChI is InChI=1S/C22H21N5O2/c1-26-12-15(13-26)18-11-24-27-20(21(23)28)19(25-22(18)27)14-7-9-17(10-8-14)29-16-5-3-2-4-6-16/h2-11,15,25H,12-13H2,1H3,(H2,23,28). The lowest BCUT2D eigenvalue weighted by Crippen LogP contribution is -2.41. The van der Waals surface area contributed by atoms with E-state index < -0.39 is 5.91 Å². The van der Waals surface area contributed by atoms with Gasteiger partial charge in [0.2, 0.25) is 0 Å². The largest absolute Gasteiger partial charge is 0.457 e. The van der Waals surface area contributed by atoms with Crippen LogP contribution in [-0.2, 0) is 0 Å². The van der Waals surface area contributed by atoms with Crippen molar-refractivity contribution in [1.82, 2.24) is 19.5 Å². The van der Waals surface area contributed by atoms with E-state index in [1.807, 2.05) is 60.8 Å². The highest BCUT2D eigenvalue weighted by Gasteiger charge is 2.30. The normalized spacial score (nSPS) is 14.8. The maximum absolute atomic E-state index is 12.2. The van der Waals surface area contributed by atoms with Gasteiger partial charge in [-0.05, 0) is 43.4 Å². The van der Waals surface area contributed by atoms with Crippen LogP contribution >= 0.6 is 0 Å². The molecule has 0 atom stereocenters. The summed E-state index contributed by atoms with van der Waals surface area (Å²) in [5.74, 6) is 1.38. The first-order valence-electron chi connectivity index (χ1n) is 9.51. The number of aromatic nitrogens is 3. The van der Waals surface area contributed by atoms with Crippen LogP contribution in [0.15, 0.2) is 60.8 Å². The average molecular weight is 387 g/mol. The summed E-state index contributed by atoms with van der Waals surface area (Å²) >= 11 is 0. The molecule has 1 saturated heterocycles. The third-order valence-corrected chi connectivity index (χ3v) is 5.35. The number of benzene rings is 2. The molecule has 1 fully saturated rings. The van der Waals surface area contributed by atoms with Crippen molar-refractivity contribution >= 4 is 11.6 Å². The van der Waals surface area contributed by atoms with E-state index >= 15 is 0 Å². The van der Waals surface area contributed by atoms with Crippen LogP contribution in [0.4, 0.5) is 0 Å². The Morgan fingerprint density at radius 1 is 1.10 bits per heavy atom. The van der Waals surface area contributed by atoms with Crippen molar-refractivity contribution in [2.24, 2.45) is 5.73 Å². The predicted octanol–water partition coefficient (Wildman–Crippen LogP) is 3.25. The first kappa shape index (κ1) is 17.5. The third-order valence-electron chi connectivity index (χ3n) is 5.35. The fraction of sp³-hybridized carbons (Fsp3) is 0.182. The van der Waals surface area contributed by atoms with E-state index in [0.717, 1.165) is 41.4 Å². The van der Waals surface area contributed by atoms with Crippen LogP contribution in [-0.4, -0.2) is 45.5 Å². The molecule has 7 nitrogen and oxygen atoms in total. The molecule has 7 heteroatoms. The van der Waals surface area contributed by atoms with Crippen LogP contribution in [0.25, 0.3) is 16.9 Å². The summed E-state index contributed by atoms with van der Waals surface area (Å²) in [7, 11) is 2.09. The number of nitrogens with one attached hydrogen (secondary N) is 1. The molecule has 0 aliphatic carbocycles. The number of nitrogens with two attached hydrogens (primary N) is 1. The SMILES string of the molecule is CN1CC(c2cnn3c(C(N)=O)c(-c4ccc(Oc5ccccc5)cc4)[nH]c23)C1. The van der Waals surface area contributed by atoms with Crippen molar-refractivity contribution in [2.45, 2.75) is 5.92 Å². The molecule has 4 aromatic rings. The monoisotopic (exact) mass is 387 g/mol. The molecule has 0 bridgehead atoms. The molecule has 0 unspecified atom stereocenters. The maximum atomic E-state index is 12.2. The number of ether oxygens (including phenoxy) is 1. The fourth-order valence-corrected chi connectivity index (χ4v) is 3.88. The molecular weight excluding hydrogens is 366 g/mol. The van der Waals surface area contributed by atoms with Crippen molar-refractivity contribution < 1.29 is 9.53 Å². The Bertz CT molecular complexity index is 1170. The number of carbonyl (C=O) groups is 1. The fourth-order valence-electron chi connectivity index (χ4n) is 3.88. The maximum Gasteiger partial charge on any atom is 0.269 e. The molecule has 0 radical (unpaired) electrons. The number of hydrogen-bond acceptors (Lipinski definition) is 4. The summed E-state index contributed by atoms with van der Waals surface area (Å²) in [6.45, 7) is 1.96. The van der Waals surface area contributed by atoms with E-state index in [2.05, 4.69) is 22.0 Å². The summed E-state index contributed by atoms with van der Waals surface area (Å²) in [6.07, 6.45) is 1.83.